The van der Waals surface area contributed by atoms with E-state index in [9.17, 15) is 19.6 Å². The van der Waals surface area contributed by atoms with Gasteiger partial charge in [0.2, 0.25) is 5.91 Å². The fourth-order valence-corrected chi connectivity index (χ4v) is 2.94. The lowest BCUT2D eigenvalue weighted by Crippen LogP contribution is -2.32. The van der Waals surface area contributed by atoms with Crippen LogP contribution in [0.2, 0.25) is 0 Å². The van der Waals surface area contributed by atoms with E-state index in [1.54, 1.807) is 29.6 Å². The maximum absolute atomic E-state index is 12.4. The number of rotatable bonds is 9. The Labute approximate surface area is 161 Å². The Morgan fingerprint density at radius 3 is 2.56 bits per heavy atom. The number of carbonyl (C=O) groups is 2. The highest BCUT2D eigenvalue weighted by atomic mass is 32.1. The lowest BCUT2D eigenvalue weighted by molar-refractivity contribution is -0.120. The van der Waals surface area contributed by atoms with Crippen LogP contribution in [0, 0.1) is 0 Å². The van der Waals surface area contributed by atoms with Crippen LogP contribution in [-0.2, 0) is 4.79 Å². The molecule has 0 atom stereocenters. The van der Waals surface area contributed by atoms with E-state index in [-0.39, 0.29) is 24.2 Å². The molecule has 2 rings (SSSR count). The molecule has 27 heavy (non-hydrogen) atoms. The van der Waals surface area contributed by atoms with E-state index in [1.807, 2.05) is 5.38 Å². The van der Waals surface area contributed by atoms with Crippen LogP contribution in [0.15, 0.2) is 40.6 Å². The van der Waals surface area contributed by atoms with Gasteiger partial charge in [-0.1, -0.05) is 0 Å². The minimum Gasteiger partial charge on any atom is -0.497 e. The summed E-state index contributed by atoms with van der Waals surface area (Å²) < 4.78 is 10.3. The van der Waals surface area contributed by atoms with Gasteiger partial charge in [0.1, 0.15) is 11.5 Å². The number of Topliss-reactive ketones (excluding diaryl/α,β-unsaturated/α-hetero) is 1. The first-order valence-corrected chi connectivity index (χ1v) is 9.04. The molecule has 1 heterocycles. The summed E-state index contributed by atoms with van der Waals surface area (Å²) in [5, 5.41) is 24.9. The molecule has 2 aromatic rings. The Bertz CT molecular complexity index is 819. The van der Waals surface area contributed by atoms with Crippen LogP contribution in [0.25, 0.3) is 6.08 Å². The quantitative estimate of drug-likeness (QED) is 0.447. The lowest BCUT2D eigenvalue weighted by Gasteiger charge is -2.11. The van der Waals surface area contributed by atoms with Gasteiger partial charge in [-0.2, -0.15) is 11.3 Å². The van der Waals surface area contributed by atoms with Crippen molar-refractivity contribution in [2.75, 3.05) is 14.2 Å². The Kier molecular flexibility index (Phi) is 7.60. The highest BCUT2D eigenvalue weighted by Gasteiger charge is 2.19. The SMILES string of the molecule is COc1ccc(C(=O)CCC(=O)N/C(=C/c2ccsc2)B(O)O)c(OC)c1. The standard InChI is InChI=1S/C18H20BNO6S/c1-25-13-3-4-14(16(10-13)26-2)15(21)5-6-18(22)20-17(19(23)24)9-12-7-8-27-11-12/h3-4,7-11,23-24H,5-6H2,1-2H3,(H,20,22)/b17-9+. The van der Waals surface area contributed by atoms with Crippen molar-refractivity contribution in [2.24, 2.45) is 0 Å². The van der Waals surface area contributed by atoms with Crippen LogP contribution in [0.4, 0.5) is 0 Å². The molecule has 0 radical (unpaired) electrons. The van der Waals surface area contributed by atoms with Crippen LogP contribution in [0.5, 0.6) is 11.5 Å². The van der Waals surface area contributed by atoms with Crippen LogP contribution in [0.3, 0.4) is 0 Å². The number of hydrogen-bond acceptors (Lipinski definition) is 7. The van der Waals surface area contributed by atoms with Crippen LogP contribution in [-0.4, -0.2) is 43.1 Å². The van der Waals surface area contributed by atoms with Gasteiger partial charge in [-0.25, -0.2) is 0 Å². The summed E-state index contributed by atoms with van der Waals surface area (Å²) in [5.74, 6) is 0.160. The fraction of sp³-hybridized carbons (Fsp3) is 0.222. The summed E-state index contributed by atoms with van der Waals surface area (Å²) in [4.78, 5) is 24.5. The normalized spacial score (nSPS) is 11.0. The second-order valence-corrected chi connectivity index (χ2v) is 6.35. The largest absolute Gasteiger partial charge is 0.505 e. The highest BCUT2D eigenvalue weighted by Crippen LogP contribution is 2.26. The maximum Gasteiger partial charge on any atom is 0.505 e. The number of ketones is 1. The summed E-state index contributed by atoms with van der Waals surface area (Å²) >= 11 is 1.44. The van der Waals surface area contributed by atoms with Crippen LogP contribution in [0.1, 0.15) is 28.8 Å². The van der Waals surface area contributed by atoms with Crippen molar-refractivity contribution in [1.29, 1.82) is 0 Å². The van der Waals surface area contributed by atoms with Gasteiger partial charge in [-0.3, -0.25) is 9.59 Å². The molecule has 1 aromatic heterocycles. The third-order valence-corrected chi connectivity index (χ3v) is 4.42. The van der Waals surface area contributed by atoms with Gasteiger partial charge in [0.25, 0.3) is 0 Å². The first kappa shape index (κ1) is 20.7. The van der Waals surface area contributed by atoms with Gasteiger partial charge in [-0.05, 0) is 40.6 Å². The zero-order valence-electron chi connectivity index (χ0n) is 15.0. The Morgan fingerprint density at radius 1 is 1.19 bits per heavy atom. The van der Waals surface area contributed by atoms with Crippen molar-refractivity contribution < 1.29 is 29.1 Å². The van der Waals surface area contributed by atoms with Gasteiger partial charge in [0.05, 0.1) is 19.8 Å². The third-order valence-electron chi connectivity index (χ3n) is 3.72. The number of ether oxygens (including phenoxy) is 2. The number of methoxy groups -OCH3 is 2. The maximum atomic E-state index is 12.4. The molecule has 0 bridgehead atoms. The fourth-order valence-electron chi connectivity index (χ4n) is 2.33. The Balaban J connectivity index is 1.99. The van der Waals surface area contributed by atoms with Gasteiger partial charge >= 0.3 is 7.12 Å². The second kappa shape index (κ2) is 9.91. The van der Waals surface area contributed by atoms with Crippen molar-refractivity contribution in [3.8, 4) is 11.5 Å². The average Bonchev–Trinajstić information content (AvgIpc) is 3.18. The molecule has 0 fully saturated rings. The van der Waals surface area contributed by atoms with Gasteiger partial charge in [0, 0.05) is 24.5 Å². The zero-order chi connectivity index (χ0) is 19.8. The monoisotopic (exact) mass is 389 g/mol. The van der Waals surface area contributed by atoms with Gasteiger partial charge < -0.3 is 24.8 Å². The molecular weight excluding hydrogens is 369 g/mol. The minimum absolute atomic E-state index is 0.0483. The van der Waals surface area contributed by atoms with Crippen molar-refractivity contribution in [3.63, 3.8) is 0 Å². The van der Waals surface area contributed by atoms with E-state index in [1.165, 1.54) is 31.6 Å². The molecule has 0 aliphatic heterocycles. The summed E-state index contributed by atoms with van der Waals surface area (Å²) in [5.41, 5.74) is 1.04. The Morgan fingerprint density at radius 2 is 1.96 bits per heavy atom. The molecule has 0 saturated carbocycles. The molecule has 1 aromatic carbocycles. The minimum atomic E-state index is -1.83. The molecule has 9 heteroatoms. The Hall–Kier alpha value is -2.62. The van der Waals surface area contributed by atoms with Crippen molar-refractivity contribution >= 4 is 36.2 Å². The molecule has 142 valence electrons. The van der Waals surface area contributed by atoms with E-state index in [2.05, 4.69) is 5.32 Å². The second-order valence-electron chi connectivity index (χ2n) is 5.57. The number of nitrogens with one attached hydrogen (secondary N) is 1. The molecule has 0 aliphatic carbocycles. The first-order chi connectivity index (χ1) is 12.9. The van der Waals surface area contributed by atoms with Gasteiger partial charge in [0.15, 0.2) is 5.78 Å². The van der Waals surface area contributed by atoms with E-state index in [0.717, 1.165) is 5.56 Å². The van der Waals surface area contributed by atoms with Crippen molar-refractivity contribution in [1.82, 2.24) is 5.32 Å². The van der Waals surface area contributed by atoms with E-state index >= 15 is 0 Å². The smallest absolute Gasteiger partial charge is 0.497 e. The molecule has 0 saturated heterocycles. The first-order valence-electron chi connectivity index (χ1n) is 8.09. The highest BCUT2D eigenvalue weighted by molar-refractivity contribution is 7.08. The molecule has 0 aliphatic rings. The number of hydrogen-bond donors (Lipinski definition) is 3. The molecule has 0 unspecified atom stereocenters. The number of benzene rings is 1. The summed E-state index contributed by atoms with van der Waals surface area (Å²) in [6, 6.07) is 6.59. The van der Waals surface area contributed by atoms with Crippen molar-refractivity contribution in [3.05, 3.63) is 51.7 Å². The van der Waals surface area contributed by atoms with Crippen molar-refractivity contribution in [2.45, 2.75) is 12.8 Å². The number of thiophene rings is 1. The van der Waals surface area contributed by atoms with E-state index in [4.69, 9.17) is 9.47 Å². The summed E-state index contributed by atoms with van der Waals surface area (Å²) in [7, 11) is 1.13. The summed E-state index contributed by atoms with van der Waals surface area (Å²) in [6.45, 7) is 0. The van der Waals surface area contributed by atoms with E-state index < -0.39 is 13.0 Å². The van der Waals surface area contributed by atoms with Gasteiger partial charge in [-0.15, -0.1) is 0 Å². The summed E-state index contributed by atoms with van der Waals surface area (Å²) in [6.07, 6.45) is 1.30. The predicted octanol–water partition coefficient (Wildman–Crippen LogP) is 1.90. The molecule has 7 nitrogen and oxygen atoms in total. The zero-order valence-corrected chi connectivity index (χ0v) is 15.8. The lowest BCUT2D eigenvalue weighted by atomic mass is 9.84. The topological polar surface area (TPSA) is 105 Å². The predicted molar refractivity (Wildman–Crippen MR) is 104 cm³/mol. The molecular formula is C18H20BNO6S. The molecule has 1 amide bonds. The number of carbonyl (C=O) groups excluding carboxylic acids is 2. The van der Waals surface area contributed by atoms with Crippen LogP contribution >= 0.6 is 11.3 Å². The molecule has 0 spiro atoms. The van der Waals surface area contributed by atoms with Crippen LogP contribution < -0.4 is 14.8 Å². The number of amides is 1. The average molecular weight is 389 g/mol. The molecule has 3 N–H and O–H groups in total. The third kappa shape index (κ3) is 5.95. The van der Waals surface area contributed by atoms with E-state index in [0.29, 0.717) is 17.1 Å².